The lowest BCUT2D eigenvalue weighted by atomic mass is 10.1. The molecule has 1 aliphatic carbocycles. The second kappa shape index (κ2) is 3.97. The second-order valence-electron chi connectivity index (χ2n) is 5.43. The molecule has 0 heterocycles. The lowest BCUT2D eigenvalue weighted by Crippen LogP contribution is -2.22. The number of hydrogen-bond acceptors (Lipinski definition) is 1. The van der Waals surface area contributed by atoms with Crippen molar-refractivity contribution in [2.45, 2.75) is 33.2 Å². The molecule has 1 aliphatic rings. The van der Waals surface area contributed by atoms with E-state index in [-0.39, 0.29) is 0 Å². The molecule has 82 valence electrons. The molecule has 1 N–H and O–H groups in total. The van der Waals surface area contributed by atoms with Crippen molar-refractivity contribution >= 4 is 0 Å². The lowest BCUT2D eigenvalue weighted by Gasteiger charge is -2.14. The van der Waals surface area contributed by atoms with Gasteiger partial charge in [0, 0.05) is 6.04 Å². The highest BCUT2D eigenvalue weighted by molar-refractivity contribution is 5.18. The number of benzene rings is 1. The van der Waals surface area contributed by atoms with Crippen LogP contribution in [0, 0.1) is 11.3 Å². The minimum Gasteiger partial charge on any atom is -0.310 e. The van der Waals surface area contributed by atoms with Gasteiger partial charge < -0.3 is 5.32 Å². The van der Waals surface area contributed by atoms with Gasteiger partial charge in [0.05, 0.1) is 0 Å². The van der Waals surface area contributed by atoms with Crippen LogP contribution in [0.1, 0.15) is 38.8 Å². The van der Waals surface area contributed by atoms with Gasteiger partial charge in [0.25, 0.3) is 0 Å². The maximum Gasteiger partial charge on any atom is 0.0291 e. The van der Waals surface area contributed by atoms with Gasteiger partial charge in [0.1, 0.15) is 0 Å². The molecule has 2 rings (SSSR count). The summed E-state index contributed by atoms with van der Waals surface area (Å²) in [7, 11) is 0. The van der Waals surface area contributed by atoms with Crippen LogP contribution in [0.15, 0.2) is 30.3 Å². The Morgan fingerprint density at radius 1 is 1.33 bits per heavy atom. The highest BCUT2D eigenvalue weighted by Crippen LogP contribution is 2.51. The van der Waals surface area contributed by atoms with E-state index in [0.29, 0.717) is 11.5 Å². The minimum absolute atomic E-state index is 0.475. The van der Waals surface area contributed by atoms with Crippen molar-refractivity contribution in [2.24, 2.45) is 11.3 Å². The van der Waals surface area contributed by atoms with Crippen LogP contribution in [0.2, 0.25) is 0 Å². The summed E-state index contributed by atoms with van der Waals surface area (Å²) < 4.78 is 0. The van der Waals surface area contributed by atoms with Gasteiger partial charge in [-0.15, -0.1) is 0 Å². The van der Waals surface area contributed by atoms with E-state index in [2.05, 4.69) is 56.4 Å². The van der Waals surface area contributed by atoms with Crippen molar-refractivity contribution in [2.75, 3.05) is 6.54 Å². The van der Waals surface area contributed by atoms with Crippen LogP contribution in [0.4, 0.5) is 0 Å². The van der Waals surface area contributed by atoms with Gasteiger partial charge in [0.2, 0.25) is 0 Å². The molecule has 1 fully saturated rings. The van der Waals surface area contributed by atoms with Crippen LogP contribution >= 0.6 is 0 Å². The zero-order valence-corrected chi connectivity index (χ0v) is 9.96. The van der Waals surface area contributed by atoms with E-state index < -0.39 is 0 Å². The van der Waals surface area contributed by atoms with Crippen molar-refractivity contribution in [3.63, 3.8) is 0 Å². The van der Waals surface area contributed by atoms with Gasteiger partial charge in [0.15, 0.2) is 0 Å². The summed E-state index contributed by atoms with van der Waals surface area (Å²) in [5.41, 5.74) is 1.97. The molecule has 1 saturated carbocycles. The third kappa shape index (κ3) is 2.60. The van der Waals surface area contributed by atoms with Crippen molar-refractivity contribution in [1.29, 1.82) is 0 Å². The predicted molar refractivity (Wildman–Crippen MR) is 64.7 cm³/mol. The second-order valence-corrected chi connectivity index (χ2v) is 5.43. The molecule has 0 amide bonds. The zero-order chi connectivity index (χ0) is 10.9. The van der Waals surface area contributed by atoms with E-state index in [4.69, 9.17) is 0 Å². The standard InChI is InChI=1S/C14H21N/c1-11(12-7-5-4-6-8-12)15-10-13-9-14(13,2)3/h4-8,11,13,15H,9-10H2,1-3H3. The Bertz CT molecular complexity index is 315. The highest BCUT2D eigenvalue weighted by Gasteiger charge is 2.44. The van der Waals surface area contributed by atoms with E-state index in [0.717, 1.165) is 12.5 Å². The average Bonchev–Trinajstić information content (AvgIpc) is 2.84. The fourth-order valence-corrected chi connectivity index (χ4v) is 2.10. The van der Waals surface area contributed by atoms with Gasteiger partial charge in [-0.25, -0.2) is 0 Å². The Labute approximate surface area is 92.9 Å². The fourth-order valence-electron chi connectivity index (χ4n) is 2.10. The summed E-state index contributed by atoms with van der Waals surface area (Å²) >= 11 is 0. The minimum atomic E-state index is 0.475. The number of nitrogens with one attached hydrogen (secondary N) is 1. The van der Waals surface area contributed by atoms with E-state index in [9.17, 15) is 0 Å². The van der Waals surface area contributed by atoms with Crippen LogP contribution < -0.4 is 5.32 Å². The quantitative estimate of drug-likeness (QED) is 0.791. The third-order valence-electron chi connectivity index (χ3n) is 3.69. The number of hydrogen-bond donors (Lipinski definition) is 1. The lowest BCUT2D eigenvalue weighted by molar-refractivity contribution is 0.485. The van der Waals surface area contributed by atoms with Gasteiger partial charge in [-0.3, -0.25) is 0 Å². The molecular formula is C14H21N. The Balaban J connectivity index is 1.81. The van der Waals surface area contributed by atoms with Crippen molar-refractivity contribution in [1.82, 2.24) is 5.32 Å². The molecule has 1 heteroatoms. The normalized spacial score (nSPS) is 24.9. The molecule has 1 aromatic rings. The molecular weight excluding hydrogens is 182 g/mol. The fraction of sp³-hybridized carbons (Fsp3) is 0.571. The first kappa shape index (κ1) is 10.7. The smallest absolute Gasteiger partial charge is 0.0291 e. The first-order chi connectivity index (χ1) is 7.09. The van der Waals surface area contributed by atoms with E-state index in [1.165, 1.54) is 12.0 Å². The summed E-state index contributed by atoms with van der Waals surface area (Å²) in [5, 5.41) is 3.62. The average molecular weight is 203 g/mol. The first-order valence-electron chi connectivity index (χ1n) is 5.88. The molecule has 0 aliphatic heterocycles. The molecule has 0 bridgehead atoms. The summed E-state index contributed by atoms with van der Waals surface area (Å²) in [6.45, 7) is 8.10. The van der Waals surface area contributed by atoms with Crippen LogP contribution in [0.25, 0.3) is 0 Å². The Morgan fingerprint density at radius 3 is 2.47 bits per heavy atom. The SMILES string of the molecule is CC(NCC1CC1(C)C)c1ccccc1. The van der Waals surface area contributed by atoms with Crippen molar-refractivity contribution in [3.8, 4) is 0 Å². The summed E-state index contributed by atoms with van der Waals surface area (Å²) in [5.74, 6) is 0.878. The van der Waals surface area contributed by atoms with Crippen molar-refractivity contribution < 1.29 is 0 Å². The van der Waals surface area contributed by atoms with Gasteiger partial charge in [-0.2, -0.15) is 0 Å². The Morgan fingerprint density at radius 2 is 1.93 bits per heavy atom. The maximum absolute atomic E-state index is 3.62. The molecule has 1 aromatic carbocycles. The molecule has 0 radical (unpaired) electrons. The van der Waals surface area contributed by atoms with Crippen LogP contribution in [-0.4, -0.2) is 6.54 Å². The van der Waals surface area contributed by atoms with Gasteiger partial charge in [-0.05, 0) is 36.8 Å². The molecule has 2 atom stereocenters. The Hall–Kier alpha value is -0.820. The maximum atomic E-state index is 3.62. The monoisotopic (exact) mass is 203 g/mol. The van der Waals surface area contributed by atoms with Crippen LogP contribution in [-0.2, 0) is 0 Å². The van der Waals surface area contributed by atoms with Gasteiger partial charge in [-0.1, -0.05) is 44.2 Å². The topological polar surface area (TPSA) is 12.0 Å². The van der Waals surface area contributed by atoms with Gasteiger partial charge >= 0.3 is 0 Å². The van der Waals surface area contributed by atoms with Crippen LogP contribution in [0.3, 0.4) is 0 Å². The molecule has 0 aromatic heterocycles. The molecule has 0 saturated heterocycles. The summed E-state index contributed by atoms with van der Waals surface area (Å²) in [4.78, 5) is 0. The molecule has 1 nitrogen and oxygen atoms in total. The number of rotatable bonds is 4. The molecule has 15 heavy (non-hydrogen) atoms. The van der Waals surface area contributed by atoms with Crippen LogP contribution in [0.5, 0.6) is 0 Å². The highest BCUT2D eigenvalue weighted by atomic mass is 14.9. The van der Waals surface area contributed by atoms with E-state index in [1.807, 2.05) is 0 Å². The summed E-state index contributed by atoms with van der Waals surface area (Å²) in [6.07, 6.45) is 1.38. The molecule has 2 unspecified atom stereocenters. The Kier molecular flexibility index (Phi) is 2.83. The van der Waals surface area contributed by atoms with E-state index in [1.54, 1.807) is 0 Å². The predicted octanol–water partition coefficient (Wildman–Crippen LogP) is 3.38. The third-order valence-corrected chi connectivity index (χ3v) is 3.69. The molecule has 0 spiro atoms. The van der Waals surface area contributed by atoms with Crippen molar-refractivity contribution in [3.05, 3.63) is 35.9 Å². The van der Waals surface area contributed by atoms with E-state index >= 15 is 0 Å². The largest absolute Gasteiger partial charge is 0.310 e. The summed E-state index contributed by atoms with van der Waals surface area (Å²) in [6, 6.07) is 11.1. The first-order valence-corrected chi connectivity index (χ1v) is 5.88. The zero-order valence-electron chi connectivity index (χ0n) is 9.96.